The lowest BCUT2D eigenvalue weighted by Gasteiger charge is -2.09. The molecule has 21 heavy (non-hydrogen) atoms. The van der Waals surface area contributed by atoms with Crippen molar-refractivity contribution in [1.29, 1.82) is 5.26 Å². The second kappa shape index (κ2) is 6.93. The van der Waals surface area contributed by atoms with Gasteiger partial charge < -0.3 is 10.1 Å². The van der Waals surface area contributed by atoms with Crippen molar-refractivity contribution in [2.24, 2.45) is 0 Å². The molecule has 2 rings (SSSR count). The number of amides is 1. The van der Waals surface area contributed by atoms with E-state index in [1.807, 2.05) is 6.07 Å². The average Bonchev–Trinajstić information content (AvgIpc) is 2.48. The Bertz CT molecular complexity index is 714. The number of carbonyl (C=O) groups is 1. The van der Waals surface area contributed by atoms with E-state index in [9.17, 15) is 4.79 Å². The SMILES string of the molecule is N#Cc1ccc(OCC(=O)Nc2cccnc2Cl)c(Cl)c1. The molecular formula is C14H9Cl2N3O2. The van der Waals surface area contributed by atoms with Gasteiger partial charge in [-0.1, -0.05) is 23.2 Å². The highest BCUT2D eigenvalue weighted by Crippen LogP contribution is 2.25. The van der Waals surface area contributed by atoms with Crippen molar-refractivity contribution >= 4 is 34.8 Å². The van der Waals surface area contributed by atoms with Crippen molar-refractivity contribution in [3.8, 4) is 11.8 Å². The van der Waals surface area contributed by atoms with Crippen LogP contribution in [0.1, 0.15) is 5.56 Å². The Labute approximate surface area is 131 Å². The molecule has 1 heterocycles. The zero-order chi connectivity index (χ0) is 15.2. The molecule has 7 heteroatoms. The lowest BCUT2D eigenvalue weighted by Crippen LogP contribution is -2.20. The van der Waals surface area contributed by atoms with E-state index >= 15 is 0 Å². The van der Waals surface area contributed by atoms with Crippen LogP contribution in [0.3, 0.4) is 0 Å². The molecule has 0 radical (unpaired) electrons. The third kappa shape index (κ3) is 4.09. The van der Waals surface area contributed by atoms with Gasteiger partial charge in [0.15, 0.2) is 11.8 Å². The fourth-order valence-corrected chi connectivity index (χ4v) is 1.90. The molecule has 0 unspecified atom stereocenters. The summed E-state index contributed by atoms with van der Waals surface area (Å²) in [5, 5.41) is 11.8. The molecule has 5 nitrogen and oxygen atoms in total. The van der Waals surface area contributed by atoms with E-state index in [0.717, 1.165) is 0 Å². The normalized spacial score (nSPS) is 9.76. The number of nitriles is 1. The van der Waals surface area contributed by atoms with E-state index in [0.29, 0.717) is 17.0 Å². The maximum Gasteiger partial charge on any atom is 0.262 e. The summed E-state index contributed by atoms with van der Waals surface area (Å²) in [5.74, 6) is -0.0755. The first-order valence-electron chi connectivity index (χ1n) is 5.83. The van der Waals surface area contributed by atoms with Gasteiger partial charge in [-0.15, -0.1) is 0 Å². The number of carbonyl (C=O) groups excluding carboxylic acids is 1. The minimum absolute atomic E-state index is 0.197. The molecule has 106 valence electrons. The van der Waals surface area contributed by atoms with Crippen molar-refractivity contribution in [1.82, 2.24) is 4.98 Å². The van der Waals surface area contributed by atoms with Gasteiger partial charge in [0.2, 0.25) is 0 Å². The Kier molecular flexibility index (Phi) is 4.99. The third-order valence-electron chi connectivity index (χ3n) is 2.45. The molecule has 1 amide bonds. The van der Waals surface area contributed by atoms with Gasteiger partial charge in [-0.25, -0.2) is 4.98 Å². The summed E-state index contributed by atoms with van der Waals surface area (Å²) in [6.45, 7) is -0.239. The van der Waals surface area contributed by atoms with Crippen LogP contribution in [0.25, 0.3) is 0 Å². The van der Waals surface area contributed by atoms with Crippen LogP contribution in [0.2, 0.25) is 10.2 Å². The predicted octanol–water partition coefficient (Wildman–Crippen LogP) is 3.28. The Morgan fingerprint density at radius 1 is 1.38 bits per heavy atom. The second-order valence-electron chi connectivity index (χ2n) is 3.94. The van der Waals surface area contributed by atoms with Gasteiger partial charge in [0.1, 0.15) is 5.75 Å². The molecule has 1 aromatic heterocycles. The maximum atomic E-state index is 11.8. The van der Waals surface area contributed by atoms with Gasteiger partial charge in [-0.3, -0.25) is 4.79 Å². The lowest BCUT2D eigenvalue weighted by atomic mass is 10.2. The standard InChI is InChI=1S/C14H9Cl2N3O2/c15-10-6-9(7-17)3-4-12(10)21-8-13(20)19-11-2-1-5-18-14(11)16/h1-6H,8H2,(H,19,20). The number of anilines is 1. The summed E-state index contributed by atoms with van der Waals surface area (Å²) in [7, 11) is 0. The molecule has 2 aromatic rings. The van der Waals surface area contributed by atoms with Gasteiger partial charge in [0, 0.05) is 6.20 Å². The summed E-state index contributed by atoms with van der Waals surface area (Å²) < 4.78 is 5.29. The number of nitrogens with zero attached hydrogens (tertiary/aromatic N) is 2. The van der Waals surface area contributed by atoms with E-state index in [1.54, 1.807) is 18.2 Å². The molecule has 0 spiro atoms. The molecule has 0 aliphatic heterocycles. The Morgan fingerprint density at radius 3 is 2.86 bits per heavy atom. The summed E-state index contributed by atoms with van der Waals surface area (Å²) >= 11 is 11.8. The Balaban J connectivity index is 1.96. The number of ether oxygens (including phenoxy) is 1. The Hall–Kier alpha value is -2.29. The topological polar surface area (TPSA) is 75.0 Å². The first-order chi connectivity index (χ1) is 10.1. The van der Waals surface area contributed by atoms with Crippen LogP contribution in [-0.4, -0.2) is 17.5 Å². The zero-order valence-electron chi connectivity index (χ0n) is 10.6. The van der Waals surface area contributed by atoms with Crippen molar-refractivity contribution in [2.45, 2.75) is 0 Å². The number of aromatic nitrogens is 1. The van der Waals surface area contributed by atoms with Crippen LogP contribution in [0, 0.1) is 11.3 Å². The molecule has 0 bridgehead atoms. The first kappa shape index (κ1) is 15.1. The van der Waals surface area contributed by atoms with E-state index in [2.05, 4.69) is 10.3 Å². The van der Waals surface area contributed by atoms with Gasteiger partial charge in [-0.2, -0.15) is 5.26 Å². The van der Waals surface area contributed by atoms with Gasteiger partial charge >= 0.3 is 0 Å². The van der Waals surface area contributed by atoms with Crippen LogP contribution in [0.5, 0.6) is 5.75 Å². The number of pyridine rings is 1. The summed E-state index contributed by atoms with van der Waals surface area (Å²) in [4.78, 5) is 15.6. The van der Waals surface area contributed by atoms with Crippen LogP contribution in [0.4, 0.5) is 5.69 Å². The van der Waals surface area contributed by atoms with Crippen molar-refractivity contribution in [3.63, 3.8) is 0 Å². The number of rotatable bonds is 4. The highest BCUT2D eigenvalue weighted by atomic mass is 35.5. The Morgan fingerprint density at radius 2 is 2.19 bits per heavy atom. The molecule has 1 aromatic carbocycles. The largest absolute Gasteiger partial charge is 0.482 e. The highest BCUT2D eigenvalue weighted by molar-refractivity contribution is 6.32. The second-order valence-corrected chi connectivity index (χ2v) is 4.70. The highest BCUT2D eigenvalue weighted by Gasteiger charge is 2.09. The van der Waals surface area contributed by atoms with Gasteiger partial charge in [-0.05, 0) is 30.3 Å². The first-order valence-corrected chi connectivity index (χ1v) is 6.58. The predicted molar refractivity (Wildman–Crippen MR) is 79.5 cm³/mol. The number of benzene rings is 1. The quantitative estimate of drug-likeness (QED) is 0.877. The van der Waals surface area contributed by atoms with Crippen molar-refractivity contribution < 1.29 is 9.53 Å². The van der Waals surface area contributed by atoms with Crippen LogP contribution in [0.15, 0.2) is 36.5 Å². The zero-order valence-corrected chi connectivity index (χ0v) is 12.1. The fourth-order valence-electron chi connectivity index (χ4n) is 1.50. The van der Waals surface area contributed by atoms with Crippen LogP contribution < -0.4 is 10.1 Å². The van der Waals surface area contributed by atoms with Crippen LogP contribution in [-0.2, 0) is 4.79 Å². The van der Waals surface area contributed by atoms with Crippen LogP contribution >= 0.6 is 23.2 Å². The number of hydrogen-bond donors (Lipinski definition) is 1. The van der Waals surface area contributed by atoms with Gasteiger partial charge in [0.25, 0.3) is 5.91 Å². The lowest BCUT2D eigenvalue weighted by molar-refractivity contribution is -0.118. The summed E-state index contributed by atoms with van der Waals surface area (Å²) in [6.07, 6.45) is 1.52. The molecule has 0 aliphatic rings. The smallest absolute Gasteiger partial charge is 0.262 e. The van der Waals surface area contributed by atoms with E-state index in [-0.39, 0.29) is 16.8 Å². The molecule has 0 atom stereocenters. The van der Waals surface area contributed by atoms with Crippen molar-refractivity contribution in [2.75, 3.05) is 11.9 Å². The van der Waals surface area contributed by atoms with Gasteiger partial charge in [0.05, 0.1) is 22.3 Å². The third-order valence-corrected chi connectivity index (χ3v) is 3.05. The van der Waals surface area contributed by atoms with E-state index < -0.39 is 5.91 Å². The number of halogens is 2. The molecule has 1 N–H and O–H groups in total. The average molecular weight is 322 g/mol. The minimum atomic E-state index is -0.398. The van der Waals surface area contributed by atoms with Crippen molar-refractivity contribution in [3.05, 3.63) is 52.3 Å². The molecule has 0 aliphatic carbocycles. The number of nitrogens with one attached hydrogen (secondary N) is 1. The molecular weight excluding hydrogens is 313 g/mol. The number of hydrogen-bond acceptors (Lipinski definition) is 4. The minimum Gasteiger partial charge on any atom is -0.482 e. The monoisotopic (exact) mass is 321 g/mol. The summed E-state index contributed by atoms with van der Waals surface area (Å²) in [5.41, 5.74) is 0.817. The van der Waals surface area contributed by atoms with E-state index in [4.69, 9.17) is 33.2 Å². The molecule has 0 fully saturated rings. The van der Waals surface area contributed by atoms with E-state index in [1.165, 1.54) is 18.3 Å². The maximum absolute atomic E-state index is 11.8. The summed E-state index contributed by atoms with van der Waals surface area (Å²) in [6, 6.07) is 9.79. The fraction of sp³-hybridized carbons (Fsp3) is 0.0714. The molecule has 0 saturated carbocycles. The molecule has 0 saturated heterocycles.